The van der Waals surface area contributed by atoms with E-state index in [4.69, 9.17) is 9.15 Å². The van der Waals surface area contributed by atoms with Crippen LogP contribution in [0, 0.1) is 0 Å². The SMILES string of the molecule is CCCCCCCCOC(=O)C=Cc1ccco1. The van der Waals surface area contributed by atoms with Gasteiger partial charge >= 0.3 is 5.97 Å². The van der Waals surface area contributed by atoms with E-state index in [0.29, 0.717) is 12.4 Å². The van der Waals surface area contributed by atoms with Crippen LogP contribution >= 0.6 is 0 Å². The normalized spacial score (nSPS) is 10.9. The van der Waals surface area contributed by atoms with Crippen LogP contribution in [0.25, 0.3) is 6.08 Å². The van der Waals surface area contributed by atoms with Gasteiger partial charge in [0.15, 0.2) is 0 Å². The Bertz CT molecular complexity index is 339. The molecule has 1 aromatic heterocycles. The van der Waals surface area contributed by atoms with Gasteiger partial charge in [0.25, 0.3) is 0 Å². The fraction of sp³-hybridized carbons (Fsp3) is 0.533. The van der Waals surface area contributed by atoms with Crippen molar-refractivity contribution in [1.29, 1.82) is 0 Å². The summed E-state index contributed by atoms with van der Waals surface area (Å²) >= 11 is 0. The smallest absolute Gasteiger partial charge is 0.330 e. The van der Waals surface area contributed by atoms with Crippen LogP contribution < -0.4 is 0 Å². The van der Waals surface area contributed by atoms with Gasteiger partial charge in [-0.2, -0.15) is 0 Å². The average Bonchev–Trinajstić information content (AvgIpc) is 2.88. The lowest BCUT2D eigenvalue weighted by molar-refractivity contribution is -0.137. The highest BCUT2D eigenvalue weighted by atomic mass is 16.5. The summed E-state index contributed by atoms with van der Waals surface area (Å²) in [5.74, 6) is 0.353. The first kappa shape index (κ1) is 14.6. The van der Waals surface area contributed by atoms with E-state index in [-0.39, 0.29) is 5.97 Å². The molecule has 0 amide bonds. The zero-order valence-electron chi connectivity index (χ0n) is 11.1. The number of carbonyl (C=O) groups excluding carboxylic acids is 1. The number of hydrogen-bond acceptors (Lipinski definition) is 3. The minimum absolute atomic E-state index is 0.306. The molecule has 0 bridgehead atoms. The van der Waals surface area contributed by atoms with Gasteiger partial charge in [-0.25, -0.2) is 4.79 Å². The maximum Gasteiger partial charge on any atom is 0.330 e. The molecule has 0 aliphatic rings. The average molecular weight is 250 g/mol. The number of hydrogen-bond donors (Lipinski definition) is 0. The Balaban J connectivity index is 2.00. The Hall–Kier alpha value is -1.51. The van der Waals surface area contributed by atoms with Crippen LogP contribution in [0.5, 0.6) is 0 Å². The van der Waals surface area contributed by atoms with Crippen LogP contribution in [0.1, 0.15) is 51.2 Å². The first-order valence-electron chi connectivity index (χ1n) is 6.71. The summed E-state index contributed by atoms with van der Waals surface area (Å²) in [7, 11) is 0. The Morgan fingerprint density at radius 3 is 2.78 bits per heavy atom. The molecule has 0 radical (unpaired) electrons. The summed E-state index contributed by atoms with van der Waals surface area (Å²) in [6.45, 7) is 2.71. The summed E-state index contributed by atoms with van der Waals surface area (Å²) in [6.07, 6.45) is 11.7. The van der Waals surface area contributed by atoms with E-state index in [9.17, 15) is 4.79 Å². The summed E-state index contributed by atoms with van der Waals surface area (Å²) in [6, 6.07) is 3.57. The van der Waals surface area contributed by atoms with E-state index in [1.165, 1.54) is 31.8 Å². The van der Waals surface area contributed by atoms with Gasteiger partial charge in [-0.15, -0.1) is 0 Å². The van der Waals surface area contributed by atoms with E-state index in [2.05, 4.69) is 6.92 Å². The molecule has 0 aliphatic carbocycles. The largest absolute Gasteiger partial charge is 0.465 e. The van der Waals surface area contributed by atoms with Gasteiger partial charge < -0.3 is 9.15 Å². The van der Waals surface area contributed by atoms with Gasteiger partial charge in [0, 0.05) is 6.08 Å². The van der Waals surface area contributed by atoms with Crippen molar-refractivity contribution >= 4 is 12.0 Å². The Kier molecular flexibility index (Phi) is 7.69. The second-order valence-corrected chi connectivity index (χ2v) is 4.28. The maximum absolute atomic E-state index is 11.3. The predicted molar refractivity (Wildman–Crippen MR) is 72.1 cm³/mol. The quantitative estimate of drug-likeness (QED) is 0.374. The van der Waals surface area contributed by atoms with E-state index >= 15 is 0 Å². The molecule has 0 saturated heterocycles. The molecule has 0 spiro atoms. The second kappa shape index (κ2) is 9.51. The van der Waals surface area contributed by atoms with E-state index in [1.54, 1.807) is 24.5 Å². The zero-order valence-corrected chi connectivity index (χ0v) is 11.1. The van der Waals surface area contributed by atoms with E-state index in [0.717, 1.165) is 12.8 Å². The van der Waals surface area contributed by atoms with Gasteiger partial charge in [-0.3, -0.25) is 0 Å². The number of furan rings is 1. The molecular weight excluding hydrogens is 228 g/mol. The highest BCUT2D eigenvalue weighted by molar-refractivity contribution is 5.86. The molecule has 0 unspecified atom stereocenters. The molecule has 0 fully saturated rings. The minimum Gasteiger partial charge on any atom is -0.465 e. The lowest BCUT2D eigenvalue weighted by Gasteiger charge is -2.01. The molecular formula is C15H22O3. The number of esters is 1. The van der Waals surface area contributed by atoms with Crippen LogP contribution in [0.4, 0.5) is 0 Å². The van der Waals surface area contributed by atoms with Crippen molar-refractivity contribution in [2.75, 3.05) is 6.61 Å². The highest BCUT2D eigenvalue weighted by Crippen LogP contribution is 2.05. The third-order valence-electron chi connectivity index (χ3n) is 2.67. The third kappa shape index (κ3) is 6.94. The molecule has 1 heterocycles. The van der Waals surface area contributed by atoms with Crippen LogP contribution in [-0.4, -0.2) is 12.6 Å². The van der Waals surface area contributed by atoms with E-state index < -0.39 is 0 Å². The molecule has 100 valence electrons. The Labute approximate surface area is 109 Å². The van der Waals surface area contributed by atoms with Crippen molar-refractivity contribution in [3.05, 3.63) is 30.2 Å². The van der Waals surface area contributed by atoms with Gasteiger partial charge in [-0.05, 0) is 24.6 Å². The molecule has 18 heavy (non-hydrogen) atoms. The molecule has 1 rings (SSSR count). The predicted octanol–water partition coefficient (Wildman–Crippen LogP) is 4.20. The fourth-order valence-electron chi connectivity index (χ4n) is 1.64. The summed E-state index contributed by atoms with van der Waals surface area (Å²) in [4.78, 5) is 11.3. The monoisotopic (exact) mass is 250 g/mol. The summed E-state index contributed by atoms with van der Waals surface area (Å²) in [5, 5.41) is 0. The number of unbranched alkanes of at least 4 members (excludes halogenated alkanes) is 5. The van der Waals surface area contributed by atoms with Crippen molar-refractivity contribution < 1.29 is 13.9 Å². The lowest BCUT2D eigenvalue weighted by Crippen LogP contribution is -2.02. The fourth-order valence-corrected chi connectivity index (χ4v) is 1.64. The molecule has 3 heteroatoms. The van der Waals surface area contributed by atoms with Crippen LogP contribution in [0.15, 0.2) is 28.9 Å². The lowest BCUT2D eigenvalue weighted by atomic mass is 10.1. The minimum atomic E-state index is -0.306. The van der Waals surface area contributed by atoms with Crippen molar-refractivity contribution in [1.82, 2.24) is 0 Å². The highest BCUT2D eigenvalue weighted by Gasteiger charge is 1.97. The van der Waals surface area contributed by atoms with Crippen LogP contribution in [0.3, 0.4) is 0 Å². The first-order chi connectivity index (χ1) is 8.83. The Morgan fingerprint density at radius 2 is 2.06 bits per heavy atom. The molecule has 3 nitrogen and oxygen atoms in total. The van der Waals surface area contributed by atoms with Crippen molar-refractivity contribution in [2.45, 2.75) is 45.4 Å². The van der Waals surface area contributed by atoms with E-state index in [1.807, 2.05) is 0 Å². The molecule has 0 aliphatic heterocycles. The molecule has 0 atom stereocenters. The number of ether oxygens (including phenoxy) is 1. The van der Waals surface area contributed by atoms with Crippen molar-refractivity contribution in [3.63, 3.8) is 0 Å². The van der Waals surface area contributed by atoms with Crippen LogP contribution in [-0.2, 0) is 9.53 Å². The number of carbonyl (C=O) groups is 1. The van der Waals surface area contributed by atoms with Crippen molar-refractivity contribution in [2.24, 2.45) is 0 Å². The number of rotatable bonds is 9. The Morgan fingerprint density at radius 1 is 1.28 bits per heavy atom. The zero-order chi connectivity index (χ0) is 13.1. The van der Waals surface area contributed by atoms with Crippen LogP contribution in [0.2, 0.25) is 0 Å². The van der Waals surface area contributed by atoms with Gasteiger partial charge in [0.2, 0.25) is 0 Å². The topological polar surface area (TPSA) is 39.4 Å². The molecule has 0 saturated carbocycles. The molecule has 0 N–H and O–H groups in total. The molecule has 0 aromatic carbocycles. The first-order valence-corrected chi connectivity index (χ1v) is 6.71. The second-order valence-electron chi connectivity index (χ2n) is 4.28. The van der Waals surface area contributed by atoms with Gasteiger partial charge in [0.1, 0.15) is 5.76 Å². The standard InChI is InChI=1S/C15H22O3/c1-2-3-4-5-6-7-12-18-15(16)11-10-14-9-8-13-17-14/h8-11,13H,2-7,12H2,1H3. The van der Waals surface area contributed by atoms with Gasteiger partial charge in [-0.1, -0.05) is 39.0 Å². The summed E-state index contributed by atoms with van der Waals surface area (Å²) in [5.41, 5.74) is 0. The molecule has 1 aromatic rings. The summed E-state index contributed by atoms with van der Waals surface area (Å²) < 4.78 is 10.1. The maximum atomic E-state index is 11.3. The van der Waals surface area contributed by atoms with Crippen molar-refractivity contribution in [3.8, 4) is 0 Å². The van der Waals surface area contributed by atoms with Gasteiger partial charge in [0.05, 0.1) is 12.9 Å². The third-order valence-corrected chi connectivity index (χ3v) is 2.67.